The lowest BCUT2D eigenvalue weighted by Gasteiger charge is -2.30. The molecule has 0 unspecified atom stereocenters. The van der Waals surface area contributed by atoms with E-state index in [9.17, 15) is 4.79 Å². The SMILES string of the molecule is NC(=O)c1cccc(CN(CCN2CCNCC2)Cc2ccccc2)c1. The maximum Gasteiger partial charge on any atom is 0.248 e. The zero-order chi connectivity index (χ0) is 18.2. The summed E-state index contributed by atoms with van der Waals surface area (Å²) in [7, 11) is 0. The van der Waals surface area contributed by atoms with Crippen LogP contribution >= 0.6 is 0 Å². The van der Waals surface area contributed by atoms with E-state index in [2.05, 4.69) is 45.4 Å². The molecule has 26 heavy (non-hydrogen) atoms. The van der Waals surface area contributed by atoms with Gasteiger partial charge in [0.1, 0.15) is 0 Å². The second-order valence-corrected chi connectivity index (χ2v) is 6.85. The molecule has 5 nitrogen and oxygen atoms in total. The van der Waals surface area contributed by atoms with Crippen LogP contribution in [0.3, 0.4) is 0 Å². The van der Waals surface area contributed by atoms with Gasteiger partial charge in [0.05, 0.1) is 0 Å². The van der Waals surface area contributed by atoms with Gasteiger partial charge < -0.3 is 11.1 Å². The van der Waals surface area contributed by atoms with Crippen molar-refractivity contribution in [3.05, 3.63) is 71.3 Å². The molecule has 2 aromatic carbocycles. The Bertz CT molecular complexity index is 698. The third-order valence-electron chi connectivity index (χ3n) is 4.81. The Kier molecular flexibility index (Phi) is 6.77. The number of primary amides is 1. The van der Waals surface area contributed by atoms with Gasteiger partial charge in [0.25, 0.3) is 0 Å². The molecule has 1 fully saturated rings. The van der Waals surface area contributed by atoms with Crippen LogP contribution in [0, 0.1) is 0 Å². The minimum absolute atomic E-state index is 0.373. The standard InChI is InChI=1S/C21H28N4O/c22-21(26)20-8-4-7-19(15-20)17-25(16-18-5-2-1-3-6-18)14-13-24-11-9-23-10-12-24/h1-8,15,23H,9-14,16-17H2,(H2,22,26). The van der Waals surface area contributed by atoms with Gasteiger partial charge in [0.2, 0.25) is 5.91 Å². The zero-order valence-corrected chi connectivity index (χ0v) is 15.2. The second-order valence-electron chi connectivity index (χ2n) is 6.85. The van der Waals surface area contributed by atoms with E-state index in [1.165, 1.54) is 5.56 Å². The van der Waals surface area contributed by atoms with Gasteiger partial charge in [-0.15, -0.1) is 0 Å². The van der Waals surface area contributed by atoms with Gasteiger partial charge in [0, 0.05) is 57.9 Å². The summed E-state index contributed by atoms with van der Waals surface area (Å²) >= 11 is 0. The molecule has 1 amide bonds. The van der Waals surface area contributed by atoms with Crippen LogP contribution in [-0.4, -0.2) is 55.0 Å². The maximum atomic E-state index is 11.5. The van der Waals surface area contributed by atoms with Crippen LogP contribution in [0.15, 0.2) is 54.6 Å². The molecule has 1 aliphatic rings. The molecule has 0 aliphatic carbocycles. The topological polar surface area (TPSA) is 61.6 Å². The number of rotatable bonds is 8. The lowest BCUT2D eigenvalue weighted by molar-refractivity contribution is 0.1000. The van der Waals surface area contributed by atoms with Crippen molar-refractivity contribution in [2.75, 3.05) is 39.3 Å². The van der Waals surface area contributed by atoms with Crippen LogP contribution in [0.1, 0.15) is 21.5 Å². The molecule has 3 N–H and O–H groups in total. The molecular formula is C21H28N4O. The van der Waals surface area contributed by atoms with Gasteiger partial charge in [-0.05, 0) is 23.3 Å². The average Bonchev–Trinajstić information content (AvgIpc) is 2.68. The molecule has 1 aliphatic heterocycles. The fourth-order valence-corrected chi connectivity index (χ4v) is 3.35. The highest BCUT2D eigenvalue weighted by Gasteiger charge is 2.13. The summed E-state index contributed by atoms with van der Waals surface area (Å²) in [6, 6.07) is 18.2. The van der Waals surface area contributed by atoms with Crippen molar-refractivity contribution in [3.8, 4) is 0 Å². The molecule has 3 rings (SSSR count). The van der Waals surface area contributed by atoms with Crippen LogP contribution in [-0.2, 0) is 13.1 Å². The first kappa shape index (κ1) is 18.6. The monoisotopic (exact) mass is 352 g/mol. The summed E-state index contributed by atoms with van der Waals surface area (Å²) in [5.74, 6) is -0.373. The Labute approximate surface area is 155 Å². The van der Waals surface area contributed by atoms with E-state index in [0.29, 0.717) is 5.56 Å². The van der Waals surface area contributed by atoms with E-state index in [1.54, 1.807) is 6.07 Å². The summed E-state index contributed by atoms with van der Waals surface area (Å²) in [6.07, 6.45) is 0. The number of hydrogen-bond acceptors (Lipinski definition) is 4. The lowest BCUT2D eigenvalue weighted by atomic mass is 10.1. The predicted molar refractivity (Wildman–Crippen MR) is 105 cm³/mol. The quantitative estimate of drug-likeness (QED) is 0.759. The van der Waals surface area contributed by atoms with Crippen LogP contribution in [0.4, 0.5) is 0 Å². The van der Waals surface area contributed by atoms with Gasteiger partial charge in [-0.3, -0.25) is 14.6 Å². The van der Waals surface area contributed by atoms with Gasteiger partial charge in [-0.25, -0.2) is 0 Å². The number of carbonyl (C=O) groups excluding carboxylic acids is 1. The van der Waals surface area contributed by atoms with Crippen LogP contribution < -0.4 is 11.1 Å². The molecule has 0 saturated carbocycles. The molecule has 138 valence electrons. The number of piperazine rings is 1. The van der Waals surface area contributed by atoms with Crippen molar-refractivity contribution in [2.24, 2.45) is 5.73 Å². The molecule has 0 radical (unpaired) electrons. The predicted octanol–water partition coefficient (Wildman–Crippen LogP) is 1.69. The third kappa shape index (κ3) is 5.66. The fourth-order valence-electron chi connectivity index (χ4n) is 3.35. The minimum atomic E-state index is -0.373. The summed E-state index contributed by atoms with van der Waals surface area (Å²) < 4.78 is 0. The summed E-state index contributed by atoms with van der Waals surface area (Å²) in [6.45, 7) is 8.11. The molecule has 0 bridgehead atoms. The molecule has 0 aromatic heterocycles. The Balaban J connectivity index is 1.67. The minimum Gasteiger partial charge on any atom is -0.366 e. The van der Waals surface area contributed by atoms with Crippen LogP contribution in [0.5, 0.6) is 0 Å². The molecular weight excluding hydrogens is 324 g/mol. The van der Waals surface area contributed by atoms with Crippen molar-refractivity contribution in [3.63, 3.8) is 0 Å². The molecule has 1 saturated heterocycles. The van der Waals surface area contributed by atoms with Crippen molar-refractivity contribution in [1.29, 1.82) is 0 Å². The molecule has 0 atom stereocenters. The number of hydrogen-bond donors (Lipinski definition) is 2. The highest BCUT2D eigenvalue weighted by atomic mass is 16.1. The normalized spacial score (nSPS) is 15.3. The van der Waals surface area contributed by atoms with Gasteiger partial charge in [-0.2, -0.15) is 0 Å². The van der Waals surface area contributed by atoms with E-state index in [1.807, 2.05) is 18.2 Å². The first-order valence-electron chi connectivity index (χ1n) is 9.29. The highest BCUT2D eigenvalue weighted by Crippen LogP contribution is 2.12. The van der Waals surface area contributed by atoms with E-state index < -0.39 is 0 Å². The Morgan fingerprint density at radius 2 is 1.69 bits per heavy atom. The first-order chi connectivity index (χ1) is 12.7. The number of nitrogens with one attached hydrogen (secondary N) is 1. The number of nitrogens with two attached hydrogens (primary N) is 1. The second kappa shape index (κ2) is 9.48. The van der Waals surface area contributed by atoms with Crippen molar-refractivity contribution in [2.45, 2.75) is 13.1 Å². The fraction of sp³-hybridized carbons (Fsp3) is 0.381. The largest absolute Gasteiger partial charge is 0.366 e. The Hall–Kier alpha value is -2.21. The van der Waals surface area contributed by atoms with E-state index in [4.69, 9.17) is 5.73 Å². The van der Waals surface area contributed by atoms with Crippen molar-refractivity contribution in [1.82, 2.24) is 15.1 Å². The highest BCUT2D eigenvalue weighted by molar-refractivity contribution is 5.92. The molecule has 5 heteroatoms. The summed E-state index contributed by atoms with van der Waals surface area (Å²) in [5.41, 5.74) is 8.43. The Morgan fingerprint density at radius 1 is 1.00 bits per heavy atom. The first-order valence-corrected chi connectivity index (χ1v) is 9.29. The molecule has 2 aromatic rings. The Morgan fingerprint density at radius 3 is 2.42 bits per heavy atom. The number of amides is 1. The third-order valence-corrected chi connectivity index (χ3v) is 4.81. The maximum absolute atomic E-state index is 11.5. The number of benzene rings is 2. The van der Waals surface area contributed by atoms with Gasteiger partial charge >= 0.3 is 0 Å². The van der Waals surface area contributed by atoms with Crippen molar-refractivity contribution >= 4 is 5.91 Å². The van der Waals surface area contributed by atoms with E-state index in [-0.39, 0.29) is 5.91 Å². The van der Waals surface area contributed by atoms with Crippen LogP contribution in [0.2, 0.25) is 0 Å². The van der Waals surface area contributed by atoms with Crippen molar-refractivity contribution < 1.29 is 4.79 Å². The zero-order valence-electron chi connectivity index (χ0n) is 15.2. The molecule has 1 heterocycles. The summed E-state index contributed by atoms with van der Waals surface area (Å²) in [4.78, 5) is 16.4. The summed E-state index contributed by atoms with van der Waals surface area (Å²) in [5, 5.41) is 3.40. The number of nitrogens with zero attached hydrogens (tertiary/aromatic N) is 2. The van der Waals surface area contributed by atoms with Gasteiger partial charge in [-0.1, -0.05) is 42.5 Å². The molecule has 0 spiro atoms. The smallest absolute Gasteiger partial charge is 0.248 e. The van der Waals surface area contributed by atoms with Gasteiger partial charge in [0.15, 0.2) is 0 Å². The van der Waals surface area contributed by atoms with E-state index in [0.717, 1.165) is 57.9 Å². The average molecular weight is 352 g/mol. The number of carbonyl (C=O) groups is 1. The van der Waals surface area contributed by atoms with Crippen LogP contribution in [0.25, 0.3) is 0 Å². The lowest BCUT2D eigenvalue weighted by Crippen LogP contribution is -2.46. The van der Waals surface area contributed by atoms with E-state index >= 15 is 0 Å².